The van der Waals surface area contributed by atoms with E-state index in [2.05, 4.69) is 14.5 Å². The van der Waals surface area contributed by atoms with Gasteiger partial charge in [-0.1, -0.05) is 0 Å². The van der Waals surface area contributed by atoms with Crippen LogP contribution in [0, 0.1) is 0 Å². The molecule has 0 saturated carbocycles. The molecule has 1 aliphatic rings. The quantitative estimate of drug-likeness (QED) is 0.353. The summed E-state index contributed by atoms with van der Waals surface area (Å²) in [5.74, 6) is -0.287. The number of nitrogen functional groups attached to an aromatic ring is 1. The van der Waals surface area contributed by atoms with Crippen molar-refractivity contribution in [2.75, 3.05) is 12.3 Å². The molecule has 1 saturated heterocycles. The molecule has 6 N–H and O–H groups in total. The Morgan fingerprint density at radius 3 is 2.71 bits per heavy atom. The Kier molecular flexibility index (Phi) is 4.39. The van der Waals surface area contributed by atoms with Crippen LogP contribution < -0.4 is 11.4 Å². The van der Waals surface area contributed by atoms with Gasteiger partial charge in [-0.25, -0.2) is 14.3 Å². The maximum Gasteiger partial charge on any atom is 0.470 e. The van der Waals surface area contributed by atoms with Gasteiger partial charge in [0.2, 0.25) is 5.95 Å². The molecule has 21 heavy (non-hydrogen) atoms. The van der Waals surface area contributed by atoms with E-state index in [0.717, 1.165) is 10.9 Å². The lowest BCUT2D eigenvalue weighted by Gasteiger charge is -2.19. The van der Waals surface area contributed by atoms with Gasteiger partial charge >= 0.3 is 13.5 Å². The monoisotopic (exact) mass is 324 g/mol. The summed E-state index contributed by atoms with van der Waals surface area (Å²) in [4.78, 5) is 36.1. The Morgan fingerprint density at radius 2 is 2.19 bits per heavy atom. The molecule has 4 atom stereocenters. The minimum absolute atomic E-state index is 0.287. The van der Waals surface area contributed by atoms with Gasteiger partial charge in [-0.2, -0.15) is 4.98 Å². The van der Waals surface area contributed by atoms with Crippen molar-refractivity contribution in [3.05, 3.63) is 16.8 Å². The molecule has 0 radical (unpaired) electrons. The zero-order chi connectivity index (χ0) is 15.8. The second-order valence-corrected chi connectivity index (χ2v) is 5.40. The molecule has 1 aliphatic heterocycles. The topological polar surface area (TPSA) is 190 Å². The zero-order valence-corrected chi connectivity index (χ0v) is 11.3. The summed E-state index contributed by atoms with van der Waals surface area (Å²) in [7, 11) is -4.93. The predicted octanol–water partition coefficient (Wildman–Crippen LogP) is -3.05. The van der Waals surface area contributed by atoms with Crippen molar-refractivity contribution < 1.29 is 33.8 Å². The van der Waals surface area contributed by atoms with Gasteiger partial charge in [-0.15, -0.1) is 0 Å². The number of hydrogen-bond acceptors (Lipinski definition) is 9. The maximum absolute atomic E-state index is 11.6. The number of rotatable bonds is 4. The minimum Gasteiger partial charge on any atom is -0.394 e. The molecular formula is C8H13N4O8P. The Morgan fingerprint density at radius 1 is 1.52 bits per heavy atom. The third kappa shape index (κ3) is 3.44. The minimum atomic E-state index is -4.93. The fourth-order valence-corrected chi connectivity index (χ4v) is 2.49. The maximum atomic E-state index is 11.6. The van der Waals surface area contributed by atoms with Crippen molar-refractivity contribution in [1.82, 2.24) is 14.5 Å². The third-order valence-corrected chi connectivity index (χ3v) is 3.29. The van der Waals surface area contributed by atoms with E-state index in [1.807, 2.05) is 0 Å². The molecule has 13 heteroatoms. The van der Waals surface area contributed by atoms with Crippen LogP contribution in [0.3, 0.4) is 0 Å². The summed E-state index contributed by atoms with van der Waals surface area (Å²) < 4.78 is 21.2. The van der Waals surface area contributed by atoms with Crippen LogP contribution in [0.4, 0.5) is 5.95 Å². The average molecular weight is 324 g/mol. The second kappa shape index (κ2) is 5.77. The van der Waals surface area contributed by atoms with Crippen molar-refractivity contribution in [3.8, 4) is 0 Å². The molecule has 118 valence electrons. The summed E-state index contributed by atoms with van der Waals surface area (Å²) >= 11 is 0. The van der Waals surface area contributed by atoms with Crippen molar-refractivity contribution in [1.29, 1.82) is 0 Å². The highest BCUT2D eigenvalue weighted by molar-refractivity contribution is 7.46. The Balaban J connectivity index is 2.31. The summed E-state index contributed by atoms with van der Waals surface area (Å²) in [6, 6.07) is 0. The van der Waals surface area contributed by atoms with Gasteiger partial charge in [0.15, 0.2) is 6.23 Å². The fourth-order valence-electron chi connectivity index (χ4n) is 1.91. The van der Waals surface area contributed by atoms with Crippen LogP contribution in [0.1, 0.15) is 6.23 Å². The van der Waals surface area contributed by atoms with Gasteiger partial charge < -0.3 is 30.5 Å². The first-order valence-electron chi connectivity index (χ1n) is 5.62. The van der Waals surface area contributed by atoms with E-state index in [0.29, 0.717) is 0 Å². The second-order valence-electron chi connectivity index (χ2n) is 4.20. The molecule has 0 aliphatic carbocycles. The Labute approximate surface area is 117 Å². The SMILES string of the molecule is Nc1ncn([C@@H]2O[C@H](CO)[C@@H](OP(=O)(O)O)[C@H]2O)c(=O)n1. The highest BCUT2D eigenvalue weighted by atomic mass is 31.2. The average Bonchev–Trinajstić information content (AvgIpc) is 2.65. The summed E-state index contributed by atoms with van der Waals surface area (Å²) in [6.07, 6.45) is -4.86. The molecule has 2 heterocycles. The number of anilines is 1. The number of phosphoric ester groups is 1. The lowest BCUT2D eigenvalue weighted by molar-refractivity contribution is -0.0553. The normalized spacial score (nSPS) is 29.7. The molecule has 0 spiro atoms. The molecular weight excluding hydrogens is 311 g/mol. The molecule has 1 fully saturated rings. The standard InChI is InChI=1S/C8H13N4O8P/c9-7-10-2-12(8(15)11-7)6-4(14)5(3(1-13)19-6)20-21(16,17)18/h2-6,13-14H,1H2,(H2,9,11,15)(H2,16,17,18)/t3-,4-,5-,6-/m1/s1. The summed E-state index contributed by atoms with van der Waals surface area (Å²) in [6.45, 7) is -0.692. The Bertz CT molecular complexity index is 617. The highest BCUT2D eigenvalue weighted by Crippen LogP contribution is 2.43. The molecule has 1 aromatic rings. The van der Waals surface area contributed by atoms with E-state index < -0.39 is 44.7 Å². The van der Waals surface area contributed by atoms with E-state index in [-0.39, 0.29) is 5.95 Å². The van der Waals surface area contributed by atoms with Gasteiger partial charge in [0, 0.05) is 0 Å². The van der Waals surface area contributed by atoms with Gasteiger partial charge in [0.1, 0.15) is 24.6 Å². The highest BCUT2D eigenvalue weighted by Gasteiger charge is 2.48. The largest absolute Gasteiger partial charge is 0.470 e. The summed E-state index contributed by atoms with van der Waals surface area (Å²) in [5, 5.41) is 19.1. The molecule has 2 rings (SSSR count). The van der Waals surface area contributed by atoms with Crippen LogP contribution in [0.15, 0.2) is 11.1 Å². The van der Waals surface area contributed by atoms with E-state index in [1.165, 1.54) is 0 Å². The van der Waals surface area contributed by atoms with Crippen LogP contribution in [0.2, 0.25) is 0 Å². The van der Waals surface area contributed by atoms with Crippen LogP contribution in [0.25, 0.3) is 0 Å². The summed E-state index contributed by atoms with van der Waals surface area (Å²) in [5.41, 5.74) is 4.33. The van der Waals surface area contributed by atoms with Crippen LogP contribution in [0.5, 0.6) is 0 Å². The first-order chi connectivity index (χ1) is 9.73. The number of hydrogen-bond donors (Lipinski definition) is 5. The molecule has 12 nitrogen and oxygen atoms in total. The number of phosphoric acid groups is 1. The fraction of sp³-hybridized carbons (Fsp3) is 0.625. The molecule has 0 aromatic carbocycles. The number of aliphatic hydroxyl groups excluding tert-OH is 2. The van der Waals surface area contributed by atoms with Crippen molar-refractivity contribution in [3.63, 3.8) is 0 Å². The van der Waals surface area contributed by atoms with Crippen molar-refractivity contribution in [2.45, 2.75) is 24.5 Å². The van der Waals surface area contributed by atoms with Crippen LogP contribution in [-0.4, -0.2) is 59.5 Å². The first-order valence-corrected chi connectivity index (χ1v) is 7.15. The predicted molar refractivity (Wildman–Crippen MR) is 64.6 cm³/mol. The number of nitrogens with two attached hydrogens (primary N) is 1. The van der Waals surface area contributed by atoms with Gasteiger partial charge in [-0.3, -0.25) is 9.09 Å². The lowest BCUT2D eigenvalue weighted by Crippen LogP contribution is -2.37. The number of aliphatic hydroxyl groups is 2. The van der Waals surface area contributed by atoms with Gasteiger partial charge in [0.05, 0.1) is 6.61 Å². The zero-order valence-electron chi connectivity index (χ0n) is 10.4. The third-order valence-electron chi connectivity index (χ3n) is 2.77. The number of nitrogens with zero attached hydrogens (tertiary/aromatic N) is 3. The van der Waals surface area contributed by atoms with E-state index in [9.17, 15) is 14.5 Å². The van der Waals surface area contributed by atoms with Gasteiger partial charge in [0.25, 0.3) is 0 Å². The number of ether oxygens (including phenoxy) is 1. The number of aromatic nitrogens is 3. The van der Waals surface area contributed by atoms with Crippen molar-refractivity contribution in [2.24, 2.45) is 0 Å². The van der Waals surface area contributed by atoms with E-state index >= 15 is 0 Å². The van der Waals surface area contributed by atoms with Crippen LogP contribution in [-0.2, 0) is 13.8 Å². The lowest BCUT2D eigenvalue weighted by atomic mass is 10.1. The molecule has 1 aromatic heterocycles. The first kappa shape index (κ1) is 16.0. The van der Waals surface area contributed by atoms with E-state index in [4.69, 9.17) is 25.4 Å². The molecule has 0 unspecified atom stereocenters. The Hall–Kier alpha value is -1.40. The van der Waals surface area contributed by atoms with Crippen LogP contribution >= 0.6 is 7.82 Å². The molecule has 0 amide bonds. The smallest absolute Gasteiger partial charge is 0.394 e. The molecule has 0 bridgehead atoms. The van der Waals surface area contributed by atoms with E-state index in [1.54, 1.807) is 0 Å². The van der Waals surface area contributed by atoms with Crippen molar-refractivity contribution >= 4 is 13.8 Å². The van der Waals surface area contributed by atoms with Gasteiger partial charge in [-0.05, 0) is 0 Å².